The summed E-state index contributed by atoms with van der Waals surface area (Å²) in [5.74, 6) is -0.315. The van der Waals surface area contributed by atoms with Gasteiger partial charge >= 0.3 is 6.36 Å². The molecule has 0 bridgehead atoms. The Hall–Kier alpha value is -2.03. The number of nitrogens with zero attached hydrogens (tertiary/aromatic N) is 2. The van der Waals surface area contributed by atoms with Crippen molar-refractivity contribution in [3.8, 4) is 5.75 Å². The molecule has 2 N–H and O–H groups in total. The summed E-state index contributed by atoms with van der Waals surface area (Å²) >= 11 is 0. The summed E-state index contributed by atoms with van der Waals surface area (Å²) in [6.07, 6.45) is 0.920. The number of ether oxygens (including phenoxy) is 1. The molecular weight excluding hydrogens is 419 g/mol. The van der Waals surface area contributed by atoms with Crippen LogP contribution in [0.4, 0.5) is 18.9 Å². The maximum Gasteiger partial charge on any atom is 0.573 e. The van der Waals surface area contributed by atoms with E-state index in [0.29, 0.717) is 24.2 Å². The van der Waals surface area contributed by atoms with Crippen LogP contribution in [-0.4, -0.2) is 42.6 Å². The van der Waals surface area contributed by atoms with Gasteiger partial charge in [-0.2, -0.15) is 0 Å². The molecular formula is C21H25ClF3N3O2. The highest BCUT2D eigenvalue weighted by molar-refractivity contribution is 5.85. The van der Waals surface area contributed by atoms with Crippen molar-refractivity contribution in [3.63, 3.8) is 0 Å². The number of nitrogens with one attached hydrogen (secondary N) is 1. The van der Waals surface area contributed by atoms with Gasteiger partial charge in [0.05, 0.1) is 11.9 Å². The van der Waals surface area contributed by atoms with Crippen molar-refractivity contribution in [3.05, 3.63) is 53.9 Å². The molecule has 2 aliphatic heterocycles. The molecule has 0 unspecified atom stereocenters. The van der Waals surface area contributed by atoms with E-state index in [2.05, 4.69) is 19.9 Å². The van der Waals surface area contributed by atoms with Gasteiger partial charge in [0.25, 0.3) is 0 Å². The smallest absolute Gasteiger partial charge is 0.406 e. The van der Waals surface area contributed by atoms with Gasteiger partial charge in [-0.1, -0.05) is 19.1 Å². The number of benzene rings is 1. The van der Waals surface area contributed by atoms with E-state index < -0.39 is 17.4 Å². The van der Waals surface area contributed by atoms with Crippen molar-refractivity contribution in [2.75, 3.05) is 31.1 Å². The summed E-state index contributed by atoms with van der Waals surface area (Å²) in [5.41, 5.74) is 0.167. The quantitative estimate of drug-likeness (QED) is 0.735. The van der Waals surface area contributed by atoms with Crippen LogP contribution in [0, 0.1) is 5.41 Å². The van der Waals surface area contributed by atoms with Crippen LogP contribution >= 0.6 is 12.4 Å². The lowest BCUT2D eigenvalue weighted by atomic mass is 9.63. The van der Waals surface area contributed by atoms with Crippen LogP contribution in [0.5, 0.6) is 5.75 Å². The first-order valence-electron chi connectivity index (χ1n) is 9.71. The van der Waals surface area contributed by atoms with Crippen LogP contribution in [0.3, 0.4) is 0 Å². The number of halogens is 4. The minimum Gasteiger partial charge on any atom is -0.406 e. The second kappa shape index (κ2) is 8.24. The van der Waals surface area contributed by atoms with Crippen molar-refractivity contribution in [1.82, 2.24) is 10.3 Å². The topological polar surface area (TPSA) is 57.6 Å². The zero-order valence-electron chi connectivity index (χ0n) is 16.6. The number of rotatable bonds is 5. The maximum atomic E-state index is 12.5. The standard InChI is InChI=1S/C21H24F3N3O2.ClH/c1-19(13-26-14-19)20(28,15-4-6-18(7-5-15)29-21(22,23)24)16-10-17(12-25-11-16)27-8-2-3-9-27;/h4-7,10-12,26,28H,2-3,8-9,13-14H2,1H3;1H/t20-;/m0./s1. The van der Waals surface area contributed by atoms with Crippen molar-refractivity contribution in [2.45, 2.75) is 31.7 Å². The second-order valence-corrected chi connectivity index (χ2v) is 8.07. The van der Waals surface area contributed by atoms with E-state index in [1.54, 1.807) is 12.4 Å². The first-order chi connectivity index (χ1) is 13.7. The normalized spacial score (nSPS) is 20.1. The zero-order chi connectivity index (χ0) is 20.7. The fraction of sp³-hybridized carbons (Fsp3) is 0.476. The Labute approximate surface area is 179 Å². The summed E-state index contributed by atoms with van der Waals surface area (Å²) in [4.78, 5) is 6.60. The number of hydrogen-bond donors (Lipinski definition) is 2. The molecule has 164 valence electrons. The average Bonchev–Trinajstić information content (AvgIpc) is 3.20. The van der Waals surface area contributed by atoms with E-state index in [4.69, 9.17) is 0 Å². The summed E-state index contributed by atoms with van der Waals surface area (Å²) < 4.78 is 41.5. The predicted octanol–water partition coefficient (Wildman–Crippen LogP) is 3.85. The summed E-state index contributed by atoms with van der Waals surface area (Å²) in [5, 5.41) is 15.2. The van der Waals surface area contributed by atoms with Gasteiger partial charge in [0.15, 0.2) is 0 Å². The lowest BCUT2D eigenvalue weighted by molar-refractivity contribution is -0.274. The van der Waals surface area contributed by atoms with E-state index in [1.165, 1.54) is 24.3 Å². The van der Waals surface area contributed by atoms with Crippen molar-refractivity contribution >= 4 is 18.1 Å². The Bertz CT molecular complexity index is 869. The number of pyridine rings is 1. The molecule has 0 radical (unpaired) electrons. The molecule has 0 aliphatic carbocycles. The fourth-order valence-electron chi connectivity index (χ4n) is 4.29. The Kier molecular flexibility index (Phi) is 6.23. The summed E-state index contributed by atoms with van der Waals surface area (Å²) in [7, 11) is 0. The Morgan fingerprint density at radius 2 is 1.70 bits per heavy atom. The highest BCUT2D eigenvalue weighted by atomic mass is 35.5. The molecule has 30 heavy (non-hydrogen) atoms. The number of alkyl halides is 3. The maximum absolute atomic E-state index is 12.5. The van der Waals surface area contributed by atoms with Gasteiger partial charge in [-0.3, -0.25) is 4.98 Å². The Morgan fingerprint density at radius 3 is 2.23 bits per heavy atom. The number of anilines is 1. The molecule has 0 spiro atoms. The zero-order valence-corrected chi connectivity index (χ0v) is 17.4. The summed E-state index contributed by atoms with van der Waals surface area (Å²) in [6, 6.07) is 7.41. The van der Waals surface area contributed by atoms with Gasteiger partial charge < -0.3 is 20.1 Å². The second-order valence-electron chi connectivity index (χ2n) is 8.07. The number of aromatic nitrogens is 1. The van der Waals surface area contributed by atoms with E-state index in [0.717, 1.165) is 31.6 Å². The molecule has 1 aromatic heterocycles. The molecule has 1 aromatic carbocycles. The Balaban J connectivity index is 0.00000256. The molecule has 3 heterocycles. The molecule has 2 aliphatic rings. The Morgan fingerprint density at radius 1 is 1.07 bits per heavy atom. The van der Waals surface area contributed by atoms with Crippen molar-refractivity contribution in [1.29, 1.82) is 0 Å². The molecule has 0 amide bonds. The van der Waals surface area contributed by atoms with E-state index in [1.807, 2.05) is 13.0 Å². The van der Waals surface area contributed by atoms with Gasteiger partial charge in [-0.05, 0) is 36.6 Å². The van der Waals surface area contributed by atoms with Gasteiger partial charge in [0, 0.05) is 43.4 Å². The molecule has 5 nitrogen and oxygen atoms in total. The van der Waals surface area contributed by atoms with Crippen LogP contribution in [0.15, 0.2) is 42.7 Å². The van der Waals surface area contributed by atoms with Gasteiger partial charge in [-0.15, -0.1) is 25.6 Å². The molecule has 0 saturated carbocycles. The van der Waals surface area contributed by atoms with Crippen LogP contribution < -0.4 is 15.0 Å². The minimum atomic E-state index is -4.75. The third kappa shape index (κ3) is 4.08. The van der Waals surface area contributed by atoms with Crippen molar-refractivity contribution in [2.24, 2.45) is 5.41 Å². The van der Waals surface area contributed by atoms with Crippen LogP contribution in [0.25, 0.3) is 0 Å². The minimum absolute atomic E-state index is 0. The van der Waals surface area contributed by atoms with Crippen LogP contribution in [0.2, 0.25) is 0 Å². The number of aliphatic hydroxyl groups is 1. The lowest BCUT2D eigenvalue weighted by Gasteiger charge is -2.52. The van der Waals surface area contributed by atoms with Crippen LogP contribution in [0.1, 0.15) is 30.9 Å². The highest BCUT2D eigenvalue weighted by Gasteiger charge is 2.53. The fourth-order valence-corrected chi connectivity index (χ4v) is 4.29. The SMILES string of the molecule is CC1([C@](O)(c2ccc(OC(F)(F)F)cc2)c2cncc(N3CCCC3)c2)CNC1.Cl. The van der Waals surface area contributed by atoms with E-state index >= 15 is 0 Å². The highest BCUT2D eigenvalue weighted by Crippen LogP contribution is 2.48. The lowest BCUT2D eigenvalue weighted by Crippen LogP contribution is -2.63. The third-order valence-corrected chi connectivity index (χ3v) is 6.02. The molecule has 2 saturated heterocycles. The largest absolute Gasteiger partial charge is 0.573 e. The number of hydrogen-bond acceptors (Lipinski definition) is 5. The molecule has 4 rings (SSSR count). The van der Waals surface area contributed by atoms with Crippen LogP contribution in [-0.2, 0) is 5.60 Å². The van der Waals surface area contributed by atoms with E-state index in [-0.39, 0.29) is 18.2 Å². The monoisotopic (exact) mass is 443 g/mol. The molecule has 2 fully saturated rings. The average molecular weight is 444 g/mol. The third-order valence-electron chi connectivity index (χ3n) is 6.02. The predicted molar refractivity (Wildman–Crippen MR) is 110 cm³/mol. The van der Waals surface area contributed by atoms with Gasteiger partial charge in [0.2, 0.25) is 0 Å². The first-order valence-corrected chi connectivity index (χ1v) is 9.71. The molecule has 9 heteroatoms. The summed E-state index contributed by atoms with van der Waals surface area (Å²) in [6.45, 7) is 5.03. The molecule has 1 atom stereocenters. The van der Waals surface area contributed by atoms with Gasteiger partial charge in [-0.25, -0.2) is 0 Å². The molecule has 2 aromatic rings. The van der Waals surface area contributed by atoms with Crippen molar-refractivity contribution < 1.29 is 23.0 Å². The van der Waals surface area contributed by atoms with E-state index in [9.17, 15) is 18.3 Å². The first kappa shape index (κ1) is 22.7. The van der Waals surface area contributed by atoms with Gasteiger partial charge in [0.1, 0.15) is 11.4 Å².